The molecule has 646 valence electrons. The van der Waals surface area contributed by atoms with Crippen molar-refractivity contribution in [1.29, 1.82) is 0 Å². The van der Waals surface area contributed by atoms with E-state index in [1.54, 1.807) is 0 Å². The van der Waals surface area contributed by atoms with Crippen LogP contribution in [0, 0.1) is 0 Å². The predicted molar refractivity (Wildman–Crippen MR) is 586 cm³/mol. The highest BCUT2D eigenvalue weighted by atomic mass is 14.8. The van der Waals surface area contributed by atoms with Crippen LogP contribution in [0.3, 0.4) is 0 Å². The molecule has 140 heavy (non-hydrogen) atoms. The molecule has 0 aliphatic carbocycles. The van der Waals surface area contributed by atoms with Crippen LogP contribution >= 0.6 is 0 Å². The lowest BCUT2D eigenvalue weighted by molar-refractivity contribution is 1.31. The summed E-state index contributed by atoms with van der Waals surface area (Å²) in [4.78, 5) is 44.6. The van der Waals surface area contributed by atoms with Crippen LogP contribution in [0.1, 0.15) is 0 Å². The number of pyridine rings is 9. The van der Waals surface area contributed by atoms with Gasteiger partial charge in [0.1, 0.15) is 0 Å². The van der Waals surface area contributed by atoms with Crippen molar-refractivity contribution in [2.45, 2.75) is 0 Å². The minimum atomic E-state index is 0.843. The van der Waals surface area contributed by atoms with Crippen molar-refractivity contribution in [2.75, 3.05) is 0 Å². The lowest BCUT2D eigenvalue weighted by Gasteiger charge is -2.14. The molecule has 30 rings (SSSR count). The Bertz CT molecular complexity index is 9900. The van der Waals surface area contributed by atoms with Crippen molar-refractivity contribution in [3.05, 3.63) is 468 Å². The maximum absolute atomic E-state index is 5.19. The van der Waals surface area contributed by atoms with Crippen molar-refractivity contribution in [3.8, 4) is 101 Å². The third-order valence-electron chi connectivity index (χ3n) is 28.6. The number of rotatable bonds is 9. The smallest absolute Gasteiger partial charge is 0.0973 e. The number of nitrogens with zero attached hydrogens (tertiary/aromatic N) is 9. The second-order valence-corrected chi connectivity index (χ2v) is 36.6. The molecule has 0 atom stereocenters. The quantitative estimate of drug-likeness (QED) is 0.130. The third-order valence-corrected chi connectivity index (χ3v) is 28.6. The van der Waals surface area contributed by atoms with Crippen molar-refractivity contribution < 1.29 is 0 Å². The van der Waals surface area contributed by atoms with Gasteiger partial charge in [-0.3, -0.25) is 9.97 Å². The second-order valence-electron chi connectivity index (χ2n) is 36.6. The Morgan fingerprint density at radius 2 is 0.450 bits per heavy atom. The van der Waals surface area contributed by atoms with Gasteiger partial charge >= 0.3 is 0 Å². The molecule has 9 heteroatoms. The lowest BCUT2D eigenvalue weighted by atomic mass is 9.89. The van der Waals surface area contributed by atoms with Crippen molar-refractivity contribution in [1.82, 2.24) is 44.9 Å². The second kappa shape index (κ2) is 32.5. The minimum absolute atomic E-state index is 0.843. The fourth-order valence-electron chi connectivity index (χ4n) is 21.5. The Morgan fingerprint density at radius 3 is 0.936 bits per heavy atom. The first-order chi connectivity index (χ1) is 69.3. The maximum atomic E-state index is 5.19. The summed E-state index contributed by atoms with van der Waals surface area (Å²) in [6.07, 6.45) is 5.55. The van der Waals surface area contributed by atoms with Crippen LogP contribution < -0.4 is 0 Å². The monoisotopic (exact) mass is 1780 g/mol. The topological polar surface area (TPSA) is 116 Å². The van der Waals surface area contributed by atoms with Crippen molar-refractivity contribution in [3.63, 3.8) is 0 Å². The first-order valence-electron chi connectivity index (χ1n) is 47.5. The fraction of sp³-hybridized carbons (Fsp3) is 0. The molecule has 0 spiro atoms. The first-order valence-corrected chi connectivity index (χ1v) is 47.5. The van der Waals surface area contributed by atoms with Crippen LogP contribution in [-0.4, -0.2) is 44.9 Å². The van der Waals surface area contributed by atoms with E-state index in [1.165, 1.54) is 136 Å². The third kappa shape index (κ3) is 13.6. The van der Waals surface area contributed by atoms with E-state index < -0.39 is 0 Å². The van der Waals surface area contributed by atoms with Crippen LogP contribution in [0.15, 0.2) is 468 Å². The Balaban J connectivity index is 0.000000103. The van der Waals surface area contributed by atoms with Gasteiger partial charge in [-0.25, -0.2) is 34.9 Å². The van der Waals surface area contributed by atoms with E-state index in [0.29, 0.717) is 0 Å². The summed E-state index contributed by atoms with van der Waals surface area (Å²) in [6, 6.07) is 160. The molecule has 0 radical (unpaired) electrons. The van der Waals surface area contributed by atoms with E-state index in [9.17, 15) is 0 Å². The Hall–Kier alpha value is -18.8. The summed E-state index contributed by atoms with van der Waals surface area (Å²) in [5, 5.41) is 34.3. The van der Waals surface area contributed by atoms with Crippen LogP contribution in [0.4, 0.5) is 0 Å². The molecule has 0 fully saturated rings. The van der Waals surface area contributed by atoms with Gasteiger partial charge in [0.2, 0.25) is 0 Å². The van der Waals surface area contributed by atoms with Gasteiger partial charge in [-0.1, -0.05) is 364 Å². The van der Waals surface area contributed by atoms with Crippen LogP contribution in [0.25, 0.3) is 296 Å². The lowest BCUT2D eigenvalue weighted by Crippen LogP contribution is -1.92. The molecule has 21 aromatic carbocycles. The van der Waals surface area contributed by atoms with E-state index in [1.807, 2.05) is 61.1 Å². The average molecular weight is 1780 g/mol. The predicted octanol–water partition coefficient (Wildman–Crippen LogP) is 34.3. The number of aromatic nitrogens is 9. The molecule has 0 aliphatic heterocycles. The van der Waals surface area contributed by atoms with E-state index in [-0.39, 0.29) is 0 Å². The number of hydrogen-bond donors (Lipinski definition) is 0. The molecule has 0 saturated heterocycles. The van der Waals surface area contributed by atoms with Crippen LogP contribution in [0.5, 0.6) is 0 Å². The zero-order chi connectivity index (χ0) is 92.0. The normalized spacial score (nSPS) is 11.9. The molecule has 30 aromatic rings. The highest BCUT2D eigenvalue weighted by Gasteiger charge is 2.21. The van der Waals surface area contributed by atoms with E-state index in [0.717, 1.165) is 160 Å². The van der Waals surface area contributed by atoms with Gasteiger partial charge in [-0.05, 0) is 221 Å². The highest BCUT2D eigenvalue weighted by molar-refractivity contribution is 6.29. The van der Waals surface area contributed by atoms with Gasteiger partial charge in [0.25, 0.3) is 0 Å². The zero-order valence-electron chi connectivity index (χ0n) is 75.5. The number of para-hydroxylation sites is 1. The molecule has 0 amide bonds. The Labute approximate surface area is 802 Å². The van der Waals surface area contributed by atoms with Gasteiger partial charge in [-0.15, -0.1) is 0 Å². The molecule has 0 saturated carbocycles. The van der Waals surface area contributed by atoms with Crippen LogP contribution in [-0.2, 0) is 0 Å². The average Bonchev–Trinajstić information content (AvgIpc) is 0.740. The summed E-state index contributed by atoms with van der Waals surface area (Å²) < 4.78 is 0. The summed E-state index contributed by atoms with van der Waals surface area (Å²) >= 11 is 0. The first kappa shape index (κ1) is 79.7. The van der Waals surface area contributed by atoms with Gasteiger partial charge in [0, 0.05) is 94.9 Å². The summed E-state index contributed by atoms with van der Waals surface area (Å²) in [5.41, 5.74) is 26.4. The van der Waals surface area contributed by atoms with Crippen LogP contribution in [0.2, 0.25) is 0 Å². The van der Waals surface area contributed by atoms with Crippen molar-refractivity contribution >= 4 is 195 Å². The van der Waals surface area contributed by atoms with E-state index in [2.05, 4.69) is 416 Å². The van der Waals surface area contributed by atoms with Gasteiger partial charge < -0.3 is 0 Å². The molecular formula is C131H77N9. The van der Waals surface area contributed by atoms with Gasteiger partial charge in [-0.2, -0.15) is 0 Å². The molecule has 9 aromatic heterocycles. The standard InChI is InChI=1S/C45H27N3.2C43H25N3/c1-2-7-38-36(5-1)37-6-3-4-8-39(37)41-26-33(17-20-40(38)41)28-9-12-30(13-10-28)42-21-18-31-14-15-32-19-22-43(48-45(32)44(31)47-42)34-16-11-29-23-24-46-27-35(29)25-34;1-3-28-10-11-30-14-19-35(36-20-15-29(4-1)40(28)41(30)36)26-6-8-27(9-7-26)38-22-16-31-12-13-32-17-23-39(46-43(32)42(31)45-38)34-18-21-37-33(25-34)5-2-24-44-37;1-2-7-36-27(4-1)18-24-38(44-36)39-25-20-33-15-14-32-19-23-37(45-42(32)43(33)46-39)28-10-8-26(9-11-28)34-21-16-31-13-12-29-5-3-6-30-17-22-35(34)41(31)40(29)30/h1-27H;2*1-25H. The zero-order valence-corrected chi connectivity index (χ0v) is 75.5. The molecule has 0 bridgehead atoms. The Morgan fingerprint density at radius 1 is 0.136 bits per heavy atom. The number of hydrogen-bond acceptors (Lipinski definition) is 9. The molecule has 0 aliphatic rings. The molecule has 0 N–H and O–H groups in total. The summed E-state index contributed by atoms with van der Waals surface area (Å²) in [5.74, 6) is 0. The molecule has 0 unspecified atom stereocenters. The molecule has 9 heterocycles. The largest absolute Gasteiger partial charge is 0.264 e. The maximum Gasteiger partial charge on any atom is 0.0973 e. The number of benzene rings is 21. The minimum Gasteiger partial charge on any atom is -0.264 e. The van der Waals surface area contributed by atoms with Gasteiger partial charge in [0.15, 0.2) is 0 Å². The molecular weight excluding hydrogens is 1700 g/mol. The highest BCUT2D eigenvalue weighted by Crippen LogP contribution is 2.46. The fourth-order valence-corrected chi connectivity index (χ4v) is 21.5. The van der Waals surface area contributed by atoms with Crippen molar-refractivity contribution in [2.24, 2.45) is 0 Å². The molecule has 9 nitrogen and oxygen atoms in total. The number of fused-ring (bicyclic) bond motifs is 18. The van der Waals surface area contributed by atoms with E-state index in [4.69, 9.17) is 34.9 Å². The summed E-state index contributed by atoms with van der Waals surface area (Å²) in [6.45, 7) is 0. The summed E-state index contributed by atoms with van der Waals surface area (Å²) in [7, 11) is 0. The van der Waals surface area contributed by atoms with E-state index >= 15 is 0 Å². The Kier molecular flexibility index (Phi) is 18.5. The SMILES string of the molecule is c1ccc2c(c1)c1ccccc1c1cc(-c3ccc(-c4ccc5ccc6ccc(-c7ccc8ccncc8c7)nc6c5n4)cc3)ccc21.c1ccc2nc(-c3ccc4ccc5ccc(-c6ccc(-c7ccc8ccc9cccc%10ccc7c8c9%10)cc6)nc5c4n3)ccc2c1.c1cnc2ccc(-c3ccc4ccc5ccc(-c6ccc(-c7ccc8ccc9cccc%10ccc7c8c9%10)cc6)nc5c4n3)cc2c1. The van der Waals surface area contributed by atoms with Gasteiger partial charge in [0.05, 0.1) is 84.0 Å².